The van der Waals surface area contributed by atoms with Crippen molar-refractivity contribution < 1.29 is 5.11 Å². The largest absolute Gasteiger partial charge is 0.379 e. The van der Waals surface area contributed by atoms with Crippen molar-refractivity contribution in [2.45, 2.75) is 24.9 Å². The first-order chi connectivity index (χ1) is 8.22. The molecule has 0 saturated carbocycles. The molecule has 3 nitrogen and oxygen atoms in total. The minimum atomic E-state index is -0.875. The first-order valence-electron chi connectivity index (χ1n) is 6.01. The van der Waals surface area contributed by atoms with Gasteiger partial charge in [0, 0.05) is 13.2 Å². The lowest BCUT2D eigenvalue weighted by atomic mass is 9.77. The molecule has 1 aromatic carbocycles. The van der Waals surface area contributed by atoms with Gasteiger partial charge in [0.25, 0.3) is 0 Å². The van der Waals surface area contributed by atoms with E-state index in [4.69, 9.17) is 0 Å². The summed E-state index contributed by atoms with van der Waals surface area (Å²) in [6, 6.07) is 10.1. The van der Waals surface area contributed by atoms with Gasteiger partial charge in [0.05, 0.1) is 5.69 Å². The minimum absolute atomic E-state index is 0.767. The first kappa shape index (κ1) is 10.5. The lowest BCUT2D eigenvalue weighted by molar-refractivity contribution is 0.0532. The van der Waals surface area contributed by atoms with E-state index in [0.29, 0.717) is 0 Å². The van der Waals surface area contributed by atoms with Gasteiger partial charge in [-0.3, -0.25) is 4.68 Å². The van der Waals surface area contributed by atoms with Gasteiger partial charge in [-0.1, -0.05) is 24.3 Å². The maximum atomic E-state index is 11.0. The number of nitrogens with zero attached hydrogens (tertiary/aromatic N) is 2. The third-order valence-electron chi connectivity index (χ3n) is 3.69. The van der Waals surface area contributed by atoms with Crippen LogP contribution in [0.15, 0.2) is 36.5 Å². The van der Waals surface area contributed by atoms with Gasteiger partial charge < -0.3 is 5.11 Å². The number of aliphatic hydroxyl groups is 1. The molecule has 17 heavy (non-hydrogen) atoms. The standard InChI is InChI=1S/C14H16N2O/c1-16-13(8-10-15-16)14(17)9-4-6-11-5-2-3-7-12(11)14/h2-3,5,7-8,10,17H,4,6,9H2,1H3. The third kappa shape index (κ3) is 1.50. The Bertz CT molecular complexity index is 547. The Balaban J connectivity index is 2.19. The first-order valence-corrected chi connectivity index (χ1v) is 6.01. The number of rotatable bonds is 1. The van der Waals surface area contributed by atoms with E-state index in [1.807, 2.05) is 31.3 Å². The molecule has 0 aliphatic heterocycles. The van der Waals surface area contributed by atoms with Crippen LogP contribution in [0.25, 0.3) is 0 Å². The van der Waals surface area contributed by atoms with Gasteiger partial charge >= 0.3 is 0 Å². The molecule has 2 aromatic rings. The maximum Gasteiger partial charge on any atom is 0.131 e. The molecule has 1 aliphatic carbocycles. The van der Waals surface area contributed by atoms with Gasteiger partial charge in [-0.2, -0.15) is 5.10 Å². The SMILES string of the molecule is Cn1nccc1C1(O)CCCc2ccccc21. The van der Waals surface area contributed by atoms with E-state index in [9.17, 15) is 5.11 Å². The summed E-state index contributed by atoms with van der Waals surface area (Å²) >= 11 is 0. The fourth-order valence-corrected chi connectivity index (χ4v) is 2.86. The van der Waals surface area contributed by atoms with E-state index in [-0.39, 0.29) is 0 Å². The Morgan fingerprint density at radius 3 is 2.88 bits per heavy atom. The highest BCUT2D eigenvalue weighted by Crippen LogP contribution is 2.39. The van der Waals surface area contributed by atoms with E-state index >= 15 is 0 Å². The van der Waals surface area contributed by atoms with Crippen molar-refractivity contribution in [1.29, 1.82) is 0 Å². The Morgan fingerprint density at radius 1 is 1.29 bits per heavy atom. The molecule has 1 heterocycles. The molecule has 1 aliphatic rings. The van der Waals surface area contributed by atoms with Gasteiger partial charge in [-0.25, -0.2) is 0 Å². The summed E-state index contributed by atoms with van der Waals surface area (Å²) in [5, 5.41) is 15.2. The van der Waals surface area contributed by atoms with E-state index in [1.54, 1.807) is 10.9 Å². The summed E-state index contributed by atoms with van der Waals surface area (Å²) in [5.74, 6) is 0. The monoisotopic (exact) mass is 228 g/mol. The van der Waals surface area contributed by atoms with Crippen LogP contribution in [0.4, 0.5) is 0 Å². The summed E-state index contributed by atoms with van der Waals surface area (Å²) in [5.41, 5.74) is 2.29. The van der Waals surface area contributed by atoms with Crippen molar-refractivity contribution >= 4 is 0 Å². The van der Waals surface area contributed by atoms with Crippen molar-refractivity contribution in [3.05, 3.63) is 53.3 Å². The number of fused-ring (bicyclic) bond motifs is 1. The van der Waals surface area contributed by atoms with E-state index < -0.39 is 5.60 Å². The lowest BCUT2D eigenvalue weighted by Crippen LogP contribution is -2.34. The van der Waals surface area contributed by atoms with Gasteiger partial charge in [0.2, 0.25) is 0 Å². The number of aromatic nitrogens is 2. The summed E-state index contributed by atoms with van der Waals surface area (Å²) in [4.78, 5) is 0. The predicted octanol–water partition coefficient (Wildman–Crippen LogP) is 1.99. The Kier molecular flexibility index (Phi) is 2.30. The molecule has 0 saturated heterocycles. The van der Waals surface area contributed by atoms with Crippen LogP contribution in [0.5, 0.6) is 0 Å². The molecule has 1 aromatic heterocycles. The molecule has 0 fully saturated rings. The van der Waals surface area contributed by atoms with Crippen LogP contribution in [-0.2, 0) is 19.1 Å². The molecular weight excluding hydrogens is 212 g/mol. The normalized spacial score (nSPS) is 23.4. The van der Waals surface area contributed by atoms with E-state index in [1.165, 1.54) is 5.56 Å². The Morgan fingerprint density at radius 2 is 2.12 bits per heavy atom. The molecule has 3 rings (SSSR count). The fourth-order valence-electron chi connectivity index (χ4n) is 2.86. The zero-order valence-corrected chi connectivity index (χ0v) is 9.93. The third-order valence-corrected chi connectivity index (χ3v) is 3.69. The zero-order valence-electron chi connectivity index (χ0n) is 9.93. The quantitative estimate of drug-likeness (QED) is 0.810. The minimum Gasteiger partial charge on any atom is -0.379 e. The molecule has 1 unspecified atom stereocenters. The summed E-state index contributed by atoms with van der Waals surface area (Å²) in [6.45, 7) is 0. The molecule has 1 N–H and O–H groups in total. The van der Waals surface area contributed by atoms with Crippen LogP contribution in [0, 0.1) is 0 Å². The second kappa shape index (κ2) is 3.70. The molecule has 0 radical (unpaired) electrons. The highest BCUT2D eigenvalue weighted by atomic mass is 16.3. The Hall–Kier alpha value is -1.61. The summed E-state index contributed by atoms with van der Waals surface area (Å²) < 4.78 is 1.77. The number of hydrogen-bond donors (Lipinski definition) is 1. The number of benzene rings is 1. The van der Waals surface area contributed by atoms with Crippen LogP contribution in [0.3, 0.4) is 0 Å². The molecule has 1 atom stereocenters. The average molecular weight is 228 g/mol. The van der Waals surface area contributed by atoms with E-state index in [2.05, 4.69) is 11.2 Å². The second-order valence-electron chi connectivity index (χ2n) is 4.71. The molecule has 0 spiro atoms. The smallest absolute Gasteiger partial charge is 0.131 e. The highest BCUT2D eigenvalue weighted by molar-refractivity contribution is 5.40. The van der Waals surface area contributed by atoms with Gasteiger partial charge in [-0.05, 0) is 36.5 Å². The van der Waals surface area contributed by atoms with Crippen molar-refractivity contribution in [2.75, 3.05) is 0 Å². The topological polar surface area (TPSA) is 38.0 Å². The highest BCUT2D eigenvalue weighted by Gasteiger charge is 2.37. The molecule has 0 bridgehead atoms. The van der Waals surface area contributed by atoms with Crippen LogP contribution < -0.4 is 0 Å². The van der Waals surface area contributed by atoms with Crippen molar-refractivity contribution in [3.63, 3.8) is 0 Å². The van der Waals surface area contributed by atoms with Crippen LogP contribution in [-0.4, -0.2) is 14.9 Å². The van der Waals surface area contributed by atoms with Gasteiger partial charge in [-0.15, -0.1) is 0 Å². The van der Waals surface area contributed by atoms with E-state index in [0.717, 1.165) is 30.5 Å². The molecule has 3 heteroatoms. The van der Waals surface area contributed by atoms with Crippen LogP contribution in [0.2, 0.25) is 0 Å². The Labute approximate surface area is 101 Å². The lowest BCUT2D eigenvalue weighted by Gasteiger charge is -2.34. The summed E-state index contributed by atoms with van der Waals surface area (Å²) in [7, 11) is 1.88. The van der Waals surface area contributed by atoms with Crippen LogP contribution in [0.1, 0.15) is 29.7 Å². The summed E-state index contributed by atoms with van der Waals surface area (Å²) in [6.07, 6.45) is 4.57. The molecule has 0 amide bonds. The van der Waals surface area contributed by atoms with Crippen molar-refractivity contribution in [2.24, 2.45) is 7.05 Å². The predicted molar refractivity (Wildman–Crippen MR) is 65.6 cm³/mol. The number of hydrogen-bond acceptors (Lipinski definition) is 2. The number of aryl methyl sites for hydroxylation is 2. The second-order valence-corrected chi connectivity index (χ2v) is 4.71. The molecule has 88 valence electrons. The molecular formula is C14H16N2O. The van der Waals surface area contributed by atoms with Gasteiger partial charge in [0.15, 0.2) is 0 Å². The van der Waals surface area contributed by atoms with Crippen molar-refractivity contribution in [1.82, 2.24) is 9.78 Å². The average Bonchev–Trinajstić information content (AvgIpc) is 2.77. The maximum absolute atomic E-state index is 11.0. The fraction of sp³-hybridized carbons (Fsp3) is 0.357. The van der Waals surface area contributed by atoms with Crippen molar-refractivity contribution in [3.8, 4) is 0 Å². The van der Waals surface area contributed by atoms with Gasteiger partial charge in [0.1, 0.15) is 5.60 Å². The zero-order chi connectivity index (χ0) is 11.9. The van der Waals surface area contributed by atoms with Crippen LogP contribution >= 0.6 is 0 Å².